The topological polar surface area (TPSA) is 32.6 Å². The Morgan fingerprint density at radius 3 is 2.31 bits per heavy atom. The zero-order valence-corrected chi connectivity index (χ0v) is 8.90. The van der Waals surface area contributed by atoms with Crippen molar-refractivity contribution in [2.24, 2.45) is 5.16 Å². The summed E-state index contributed by atoms with van der Waals surface area (Å²) in [6, 6.07) is 0. The number of hydrogen-bond acceptors (Lipinski definition) is 2. The standard InChI is InChI=1S/C9H15NO.C2H6/c1-2-3-4-5-6-7-8-9-10-11;1-2/h2-3,7-9,11H,4-6H2,1H3;1-2H3/b3-2-,8-7+,10-9+;. The Kier molecular flexibility index (Phi) is 19.1. The average Bonchev–Trinajstić information content (AvgIpc) is 2.20. The maximum Gasteiger partial charge on any atom is 0.0658 e. The van der Waals surface area contributed by atoms with Crippen molar-refractivity contribution >= 4 is 6.21 Å². The van der Waals surface area contributed by atoms with E-state index >= 15 is 0 Å². The lowest BCUT2D eigenvalue weighted by Crippen LogP contribution is -1.69. The summed E-state index contributed by atoms with van der Waals surface area (Å²) >= 11 is 0. The monoisotopic (exact) mass is 183 g/mol. The molecule has 0 saturated heterocycles. The van der Waals surface area contributed by atoms with Crippen molar-refractivity contribution < 1.29 is 5.21 Å². The molecule has 0 unspecified atom stereocenters. The molecule has 0 saturated carbocycles. The maximum absolute atomic E-state index is 8.01. The van der Waals surface area contributed by atoms with Crippen LogP contribution in [0.4, 0.5) is 0 Å². The zero-order chi connectivity index (χ0) is 10.4. The lowest BCUT2D eigenvalue weighted by molar-refractivity contribution is 0.322. The maximum atomic E-state index is 8.01. The molecule has 0 aliphatic rings. The van der Waals surface area contributed by atoms with Crippen LogP contribution >= 0.6 is 0 Å². The van der Waals surface area contributed by atoms with E-state index in [4.69, 9.17) is 5.21 Å². The fraction of sp³-hybridized carbons (Fsp3) is 0.545. The smallest absolute Gasteiger partial charge is 0.0658 e. The second-order valence-electron chi connectivity index (χ2n) is 2.19. The van der Waals surface area contributed by atoms with Crippen LogP contribution in [-0.2, 0) is 0 Å². The number of allylic oxidation sites excluding steroid dienone is 4. The number of hydrogen-bond donors (Lipinski definition) is 1. The lowest BCUT2D eigenvalue weighted by atomic mass is 10.2. The molecule has 1 N–H and O–H groups in total. The Balaban J connectivity index is 0. The van der Waals surface area contributed by atoms with Gasteiger partial charge in [-0.1, -0.05) is 37.2 Å². The molecule has 0 aliphatic heterocycles. The summed E-state index contributed by atoms with van der Waals surface area (Å²) in [5, 5.41) is 10.9. The lowest BCUT2D eigenvalue weighted by Gasteiger charge is -1.87. The highest BCUT2D eigenvalue weighted by atomic mass is 16.4. The second kappa shape index (κ2) is 17.2. The molecule has 0 fully saturated rings. The summed E-state index contributed by atoms with van der Waals surface area (Å²) in [4.78, 5) is 0. The van der Waals surface area contributed by atoms with E-state index in [1.165, 1.54) is 6.21 Å². The van der Waals surface area contributed by atoms with E-state index in [-0.39, 0.29) is 0 Å². The van der Waals surface area contributed by atoms with Crippen LogP contribution in [0.2, 0.25) is 0 Å². The fourth-order valence-electron chi connectivity index (χ4n) is 0.716. The molecule has 0 atom stereocenters. The molecular formula is C11H21NO. The van der Waals surface area contributed by atoms with E-state index in [2.05, 4.69) is 17.3 Å². The van der Waals surface area contributed by atoms with Crippen molar-refractivity contribution in [1.82, 2.24) is 0 Å². The van der Waals surface area contributed by atoms with Crippen molar-refractivity contribution in [3.05, 3.63) is 24.3 Å². The van der Waals surface area contributed by atoms with E-state index in [0.717, 1.165) is 19.3 Å². The van der Waals surface area contributed by atoms with E-state index in [9.17, 15) is 0 Å². The molecule has 76 valence electrons. The highest BCUT2D eigenvalue weighted by Gasteiger charge is 1.77. The van der Waals surface area contributed by atoms with Gasteiger partial charge in [-0.25, -0.2) is 0 Å². The largest absolute Gasteiger partial charge is 0.411 e. The molecule has 2 nitrogen and oxygen atoms in total. The quantitative estimate of drug-likeness (QED) is 0.227. The van der Waals surface area contributed by atoms with Gasteiger partial charge in [-0.3, -0.25) is 0 Å². The van der Waals surface area contributed by atoms with Gasteiger partial charge in [0, 0.05) is 0 Å². The van der Waals surface area contributed by atoms with Crippen LogP contribution in [0.1, 0.15) is 40.0 Å². The molecule has 13 heavy (non-hydrogen) atoms. The normalized spacial score (nSPS) is 11.0. The molecule has 0 aromatic carbocycles. The van der Waals surface area contributed by atoms with Crippen LogP contribution in [0.5, 0.6) is 0 Å². The molecule has 0 aromatic rings. The Bertz CT molecular complexity index is 148. The third kappa shape index (κ3) is 18.2. The minimum absolute atomic E-state index is 1.04. The molecule has 0 spiro atoms. The summed E-state index contributed by atoms with van der Waals surface area (Å²) in [6.45, 7) is 6.02. The number of oxime groups is 1. The predicted molar refractivity (Wildman–Crippen MR) is 59.4 cm³/mol. The van der Waals surface area contributed by atoms with Crippen LogP contribution in [0.15, 0.2) is 29.5 Å². The molecule has 0 radical (unpaired) electrons. The van der Waals surface area contributed by atoms with Crippen LogP contribution in [0.25, 0.3) is 0 Å². The van der Waals surface area contributed by atoms with Crippen molar-refractivity contribution in [2.45, 2.75) is 40.0 Å². The van der Waals surface area contributed by atoms with Gasteiger partial charge in [-0.05, 0) is 32.3 Å². The van der Waals surface area contributed by atoms with Gasteiger partial charge >= 0.3 is 0 Å². The summed E-state index contributed by atoms with van der Waals surface area (Å²) in [5.41, 5.74) is 0. The Morgan fingerprint density at radius 1 is 1.15 bits per heavy atom. The van der Waals surface area contributed by atoms with Gasteiger partial charge in [0.1, 0.15) is 0 Å². The van der Waals surface area contributed by atoms with Crippen LogP contribution in [-0.4, -0.2) is 11.4 Å². The van der Waals surface area contributed by atoms with Crippen molar-refractivity contribution in [1.29, 1.82) is 0 Å². The SMILES string of the molecule is C/C=C\CCC/C=C/C=N/O.CC. The number of unbranched alkanes of at least 4 members (excludes halogenated alkanes) is 2. The third-order valence-electron chi connectivity index (χ3n) is 1.27. The summed E-state index contributed by atoms with van der Waals surface area (Å²) in [7, 11) is 0. The van der Waals surface area contributed by atoms with Gasteiger partial charge in [0.2, 0.25) is 0 Å². The van der Waals surface area contributed by atoms with Crippen molar-refractivity contribution in [3.63, 3.8) is 0 Å². The Hall–Kier alpha value is -1.05. The van der Waals surface area contributed by atoms with Gasteiger partial charge in [-0.2, -0.15) is 0 Å². The molecule has 0 aromatic heterocycles. The van der Waals surface area contributed by atoms with Gasteiger partial charge in [0.25, 0.3) is 0 Å². The van der Waals surface area contributed by atoms with E-state index in [1.807, 2.05) is 26.8 Å². The van der Waals surface area contributed by atoms with Gasteiger partial charge in [0.05, 0.1) is 6.21 Å². The Morgan fingerprint density at radius 2 is 1.77 bits per heavy atom. The molecule has 0 rings (SSSR count). The van der Waals surface area contributed by atoms with Crippen molar-refractivity contribution in [2.75, 3.05) is 0 Å². The second-order valence-corrected chi connectivity index (χ2v) is 2.19. The van der Waals surface area contributed by atoms with E-state index in [0.29, 0.717) is 0 Å². The summed E-state index contributed by atoms with van der Waals surface area (Å²) in [5.74, 6) is 0. The van der Waals surface area contributed by atoms with Gasteiger partial charge in [-0.15, -0.1) is 0 Å². The molecule has 2 heteroatoms. The minimum atomic E-state index is 1.04. The summed E-state index contributed by atoms with van der Waals surface area (Å²) < 4.78 is 0. The van der Waals surface area contributed by atoms with Crippen LogP contribution < -0.4 is 0 Å². The molecule has 0 aliphatic carbocycles. The number of nitrogens with zero attached hydrogens (tertiary/aromatic N) is 1. The first-order valence-corrected chi connectivity index (χ1v) is 4.85. The average molecular weight is 183 g/mol. The van der Waals surface area contributed by atoms with Gasteiger partial charge < -0.3 is 5.21 Å². The van der Waals surface area contributed by atoms with E-state index in [1.54, 1.807) is 6.08 Å². The Labute approximate surface area is 81.7 Å². The van der Waals surface area contributed by atoms with E-state index < -0.39 is 0 Å². The zero-order valence-electron chi connectivity index (χ0n) is 8.90. The number of rotatable bonds is 5. The van der Waals surface area contributed by atoms with Crippen LogP contribution in [0, 0.1) is 0 Å². The molecule has 0 heterocycles. The summed E-state index contributed by atoms with van der Waals surface area (Å²) in [6.07, 6.45) is 12.6. The third-order valence-corrected chi connectivity index (χ3v) is 1.27. The highest BCUT2D eigenvalue weighted by molar-refractivity contribution is 5.70. The molecule has 0 bridgehead atoms. The first-order chi connectivity index (χ1) is 6.41. The highest BCUT2D eigenvalue weighted by Crippen LogP contribution is 1.96. The first kappa shape index (κ1) is 14.5. The first-order valence-electron chi connectivity index (χ1n) is 4.85. The molecular weight excluding hydrogens is 162 g/mol. The minimum Gasteiger partial charge on any atom is -0.411 e. The van der Waals surface area contributed by atoms with Gasteiger partial charge in [0.15, 0.2) is 0 Å². The predicted octanol–water partition coefficient (Wildman–Crippen LogP) is 3.78. The van der Waals surface area contributed by atoms with Crippen molar-refractivity contribution in [3.8, 4) is 0 Å². The fourth-order valence-corrected chi connectivity index (χ4v) is 0.716. The molecule has 0 amide bonds. The van der Waals surface area contributed by atoms with Crippen LogP contribution in [0.3, 0.4) is 0 Å².